The van der Waals surface area contributed by atoms with Gasteiger partial charge in [0.15, 0.2) is 0 Å². The zero-order valence-electron chi connectivity index (χ0n) is 9.67. The van der Waals surface area contributed by atoms with Gasteiger partial charge >= 0.3 is 0 Å². The molecule has 0 unspecified atom stereocenters. The van der Waals surface area contributed by atoms with Gasteiger partial charge in [-0.2, -0.15) is 0 Å². The first-order chi connectivity index (χ1) is 6.41. The van der Waals surface area contributed by atoms with Crippen LogP contribution in [-0.4, -0.2) is 6.54 Å². The largest absolute Gasteiger partial charge is 0.330 e. The van der Waals surface area contributed by atoms with Crippen molar-refractivity contribution in [3.63, 3.8) is 0 Å². The minimum Gasteiger partial charge on any atom is -0.330 e. The van der Waals surface area contributed by atoms with E-state index in [9.17, 15) is 0 Å². The van der Waals surface area contributed by atoms with Gasteiger partial charge in [-0.25, -0.2) is 0 Å². The fourth-order valence-electron chi connectivity index (χ4n) is 1.63. The summed E-state index contributed by atoms with van der Waals surface area (Å²) in [5.74, 6) is 0. The Hall–Kier alpha value is 0.454. The second kappa shape index (κ2) is 15.9. The number of unbranched alkanes of at least 4 members (excludes halogenated alkanes) is 9. The van der Waals surface area contributed by atoms with Crippen LogP contribution in [0.1, 0.15) is 71.1 Å². The summed E-state index contributed by atoms with van der Waals surface area (Å²) in [7, 11) is 0. The Kier molecular flexibility index (Phi) is 19.2. The second-order valence-corrected chi connectivity index (χ2v) is 3.97. The molecule has 0 aromatic heterocycles. The van der Waals surface area contributed by atoms with E-state index in [1.165, 1.54) is 64.2 Å². The van der Waals surface area contributed by atoms with Crippen LogP contribution in [0.2, 0.25) is 0 Å². The van der Waals surface area contributed by atoms with Crippen molar-refractivity contribution >= 4 is 0 Å². The molecule has 0 aromatic rings. The molecule has 0 aliphatic rings. The monoisotopic (exact) mass is 243 g/mol. The SMILES string of the molecule is CCCCCCCCCCCCN.[Ni]. The van der Waals surface area contributed by atoms with E-state index in [1.54, 1.807) is 0 Å². The van der Waals surface area contributed by atoms with Crippen LogP contribution in [0.5, 0.6) is 0 Å². The minimum absolute atomic E-state index is 0. The predicted molar refractivity (Wildman–Crippen MR) is 60.9 cm³/mol. The molecular weight excluding hydrogens is 217 g/mol. The molecule has 0 fully saturated rings. The van der Waals surface area contributed by atoms with E-state index in [0.29, 0.717) is 0 Å². The molecule has 2 N–H and O–H groups in total. The molecule has 14 heavy (non-hydrogen) atoms. The maximum absolute atomic E-state index is 5.42. The quantitative estimate of drug-likeness (QED) is 0.458. The maximum Gasteiger partial charge on any atom is 0 e. The van der Waals surface area contributed by atoms with Crippen LogP contribution < -0.4 is 5.73 Å². The average molecular weight is 244 g/mol. The summed E-state index contributed by atoms with van der Waals surface area (Å²) in [6, 6.07) is 0. The maximum atomic E-state index is 5.42. The molecule has 0 spiro atoms. The van der Waals surface area contributed by atoms with Crippen molar-refractivity contribution in [3.8, 4) is 0 Å². The van der Waals surface area contributed by atoms with Crippen molar-refractivity contribution in [2.75, 3.05) is 6.54 Å². The summed E-state index contributed by atoms with van der Waals surface area (Å²) in [5.41, 5.74) is 5.42. The summed E-state index contributed by atoms with van der Waals surface area (Å²) in [5, 5.41) is 0. The van der Waals surface area contributed by atoms with Crippen molar-refractivity contribution in [2.24, 2.45) is 5.73 Å². The second-order valence-electron chi connectivity index (χ2n) is 3.97. The summed E-state index contributed by atoms with van der Waals surface area (Å²) in [4.78, 5) is 0. The van der Waals surface area contributed by atoms with Gasteiger partial charge in [0.25, 0.3) is 0 Å². The van der Waals surface area contributed by atoms with E-state index >= 15 is 0 Å². The first-order valence-corrected chi connectivity index (χ1v) is 6.12. The molecule has 0 aliphatic heterocycles. The summed E-state index contributed by atoms with van der Waals surface area (Å²) >= 11 is 0. The molecule has 0 amide bonds. The van der Waals surface area contributed by atoms with Gasteiger partial charge < -0.3 is 5.73 Å². The topological polar surface area (TPSA) is 26.0 Å². The van der Waals surface area contributed by atoms with E-state index in [0.717, 1.165) is 6.54 Å². The van der Waals surface area contributed by atoms with E-state index in [1.807, 2.05) is 0 Å². The number of nitrogens with two attached hydrogens (primary N) is 1. The third kappa shape index (κ3) is 15.0. The number of hydrogen-bond donors (Lipinski definition) is 1. The molecule has 0 aliphatic carbocycles. The van der Waals surface area contributed by atoms with E-state index < -0.39 is 0 Å². The van der Waals surface area contributed by atoms with Gasteiger partial charge in [0, 0.05) is 16.5 Å². The molecule has 1 nitrogen and oxygen atoms in total. The normalized spacial score (nSPS) is 9.86. The van der Waals surface area contributed by atoms with Crippen molar-refractivity contribution < 1.29 is 16.5 Å². The van der Waals surface area contributed by atoms with Crippen molar-refractivity contribution in [1.29, 1.82) is 0 Å². The predicted octanol–water partition coefficient (Wildman–Crippen LogP) is 3.86. The molecule has 0 saturated carbocycles. The van der Waals surface area contributed by atoms with Crippen LogP contribution >= 0.6 is 0 Å². The first-order valence-electron chi connectivity index (χ1n) is 6.12. The molecule has 0 rings (SSSR count). The third-order valence-corrected chi connectivity index (χ3v) is 2.56. The Labute approximate surface area is 100 Å². The van der Waals surface area contributed by atoms with Gasteiger partial charge in [0.2, 0.25) is 0 Å². The average Bonchev–Trinajstić information content (AvgIpc) is 2.16. The standard InChI is InChI=1S/C12H27N.Ni/c1-2-3-4-5-6-7-8-9-10-11-12-13;/h2-13H2,1H3;. The number of rotatable bonds is 10. The van der Waals surface area contributed by atoms with Crippen LogP contribution in [0, 0.1) is 0 Å². The van der Waals surface area contributed by atoms with Crippen LogP contribution in [0.4, 0.5) is 0 Å². The van der Waals surface area contributed by atoms with Crippen LogP contribution in [0.15, 0.2) is 0 Å². The van der Waals surface area contributed by atoms with E-state index in [2.05, 4.69) is 6.92 Å². The Morgan fingerprint density at radius 3 is 1.36 bits per heavy atom. The molecule has 0 aromatic carbocycles. The Morgan fingerprint density at radius 1 is 0.643 bits per heavy atom. The minimum atomic E-state index is 0. The summed E-state index contributed by atoms with van der Waals surface area (Å²) in [6.45, 7) is 3.14. The van der Waals surface area contributed by atoms with Crippen LogP contribution in [0.25, 0.3) is 0 Å². The van der Waals surface area contributed by atoms with Crippen LogP contribution in [-0.2, 0) is 16.5 Å². The van der Waals surface area contributed by atoms with Gasteiger partial charge in [-0.15, -0.1) is 0 Å². The Balaban J connectivity index is 0. The zero-order valence-corrected chi connectivity index (χ0v) is 10.7. The fourth-order valence-corrected chi connectivity index (χ4v) is 1.63. The van der Waals surface area contributed by atoms with E-state index in [-0.39, 0.29) is 16.5 Å². The molecular formula is C12H27NNi. The fraction of sp³-hybridized carbons (Fsp3) is 1.00. The van der Waals surface area contributed by atoms with E-state index in [4.69, 9.17) is 5.73 Å². The molecule has 2 heteroatoms. The van der Waals surface area contributed by atoms with Crippen molar-refractivity contribution in [3.05, 3.63) is 0 Å². The molecule has 0 heterocycles. The van der Waals surface area contributed by atoms with Gasteiger partial charge in [0.05, 0.1) is 0 Å². The van der Waals surface area contributed by atoms with Gasteiger partial charge in [0.1, 0.15) is 0 Å². The zero-order chi connectivity index (χ0) is 9.78. The molecule has 90 valence electrons. The summed E-state index contributed by atoms with van der Waals surface area (Å²) in [6.07, 6.45) is 13.9. The van der Waals surface area contributed by atoms with Gasteiger partial charge in [-0.1, -0.05) is 64.7 Å². The van der Waals surface area contributed by atoms with Crippen molar-refractivity contribution in [2.45, 2.75) is 71.1 Å². The third-order valence-electron chi connectivity index (χ3n) is 2.56. The summed E-state index contributed by atoms with van der Waals surface area (Å²) < 4.78 is 0. The van der Waals surface area contributed by atoms with Gasteiger partial charge in [-0.3, -0.25) is 0 Å². The first kappa shape index (κ1) is 16.9. The Bertz CT molecular complexity index is 76.4. The smallest absolute Gasteiger partial charge is 0 e. The van der Waals surface area contributed by atoms with Crippen LogP contribution in [0.3, 0.4) is 0 Å². The van der Waals surface area contributed by atoms with Crippen molar-refractivity contribution in [1.82, 2.24) is 0 Å². The number of hydrogen-bond acceptors (Lipinski definition) is 1. The van der Waals surface area contributed by atoms with Gasteiger partial charge in [-0.05, 0) is 13.0 Å². The Morgan fingerprint density at radius 2 is 1.00 bits per heavy atom. The molecule has 0 saturated heterocycles. The molecule has 0 radical (unpaired) electrons. The molecule has 0 bridgehead atoms. The molecule has 0 atom stereocenters.